The Balaban J connectivity index is 1.52. The fourth-order valence-corrected chi connectivity index (χ4v) is 2.89. The van der Waals surface area contributed by atoms with Gasteiger partial charge in [-0.05, 0) is 42.8 Å². The smallest absolute Gasteiger partial charge is 0.253 e. The van der Waals surface area contributed by atoms with Crippen LogP contribution in [0.15, 0.2) is 79.6 Å². The molecule has 0 aliphatic carbocycles. The van der Waals surface area contributed by atoms with Crippen LogP contribution >= 0.6 is 0 Å². The summed E-state index contributed by atoms with van der Waals surface area (Å²) in [5.74, 6) is -0.144. The lowest BCUT2D eigenvalue weighted by Crippen LogP contribution is -2.27. The first-order valence-corrected chi connectivity index (χ1v) is 8.57. The normalized spacial score (nSPS) is 11.9. The minimum absolute atomic E-state index is 0.144. The van der Waals surface area contributed by atoms with Gasteiger partial charge in [0.25, 0.3) is 5.91 Å². The Labute approximate surface area is 156 Å². The van der Waals surface area contributed by atoms with E-state index < -0.39 is 0 Å². The quantitative estimate of drug-likeness (QED) is 0.595. The number of carbonyl (C=O) groups is 1. The molecule has 7 heteroatoms. The zero-order valence-corrected chi connectivity index (χ0v) is 14.7. The Kier molecular flexibility index (Phi) is 4.49. The molecular weight excluding hydrogens is 340 g/mol. The summed E-state index contributed by atoms with van der Waals surface area (Å²) in [5, 5.41) is 11.4. The van der Waals surface area contributed by atoms with Crippen molar-refractivity contribution in [3.63, 3.8) is 0 Å². The second kappa shape index (κ2) is 7.25. The van der Waals surface area contributed by atoms with Crippen LogP contribution in [0.25, 0.3) is 11.4 Å². The summed E-state index contributed by atoms with van der Waals surface area (Å²) in [6.45, 7) is 1.96. The van der Waals surface area contributed by atoms with Crippen molar-refractivity contribution in [3.05, 3.63) is 90.8 Å². The molecule has 2 aromatic heterocycles. The van der Waals surface area contributed by atoms with Crippen molar-refractivity contribution in [3.8, 4) is 11.4 Å². The minimum atomic E-state index is -0.145. The van der Waals surface area contributed by atoms with Gasteiger partial charge in [0.1, 0.15) is 12.7 Å². The summed E-state index contributed by atoms with van der Waals surface area (Å²) in [5.41, 5.74) is 3.24. The van der Waals surface area contributed by atoms with E-state index in [4.69, 9.17) is 0 Å². The van der Waals surface area contributed by atoms with Crippen molar-refractivity contribution in [2.75, 3.05) is 0 Å². The number of aromatic nitrogens is 5. The maximum absolute atomic E-state index is 12.8. The van der Waals surface area contributed by atoms with Crippen molar-refractivity contribution >= 4 is 5.91 Å². The van der Waals surface area contributed by atoms with E-state index in [2.05, 4.69) is 20.5 Å². The topological polar surface area (TPSA) is 77.6 Å². The summed E-state index contributed by atoms with van der Waals surface area (Å²) in [6, 6.07) is 16.9. The van der Waals surface area contributed by atoms with Gasteiger partial charge in [-0.15, -0.1) is 0 Å². The molecule has 0 spiro atoms. The molecule has 7 nitrogen and oxygen atoms in total. The Hall–Kier alpha value is -3.74. The Bertz CT molecular complexity index is 1020. The molecule has 4 aromatic rings. The first-order chi connectivity index (χ1) is 13.2. The molecule has 1 amide bonds. The fraction of sp³-hybridized carbons (Fsp3) is 0.100. The minimum Gasteiger partial charge on any atom is -0.345 e. The molecule has 27 heavy (non-hydrogen) atoms. The molecule has 1 N–H and O–H groups in total. The van der Waals surface area contributed by atoms with Gasteiger partial charge in [-0.2, -0.15) is 10.2 Å². The number of carbonyl (C=O) groups excluding carboxylic acids is 1. The summed E-state index contributed by atoms with van der Waals surface area (Å²) in [7, 11) is 0. The van der Waals surface area contributed by atoms with Crippen LogP contribution in [0.2, 0.25) is 0 Å². The SMILES string of the molecule is C[C@@H](NC(=O)c1ccccc1-n1cccn1)c1ccc(-n2cncn2)cc1. The van der Waals surface area contributed by atoms with E-state index in [-0.39, 0.29) is 11.9 Å². The van der Waals surface area contributed by atoms with E-state index >= 15 is 0 Å². The van der Waals surface area contributed by atoms with Crippen LogP contribution in [-0.4, -0.2) is 30.5 Å². The average Bonchev–Trinajstić information content (AvgIpc) is 3.42. The van der Waals surface area contributed by atoms with Gasteiger partial charge in [0.05, 0.1) is 23.0 Å². The van der Waals surface area contributed by atoms with E-state index in [1.165, 1.54) is 6.33 Å². The van der Waals surface area contributed by atoms with Crippen LogP contribution in [-0.2, 0) is 0 Å². The second-order valence-corrected chi connectivity index (χ2v) is 6.09. The third kappa shape index (κ3) is 3.48. The van der Waals surface area contributed by atoms with Gasteiger partial charge in [-0.25, -0.2) is 14.3 Å². The van der Waals surface area contributed by atoms with E-state index in [9.17, 15) is 4.79 Å². The lowest BCUT2D eigenvalue weighted by atomic mass is 10.1. The van der Waals surface area contributed by atoms with Crippen molar-refractivity contribution in [2.45, 2.75) is 13.0 Å². The van der Waals surface area contributed by atoms with Gasteiger partial charge >= 0.3 is 0 Å². The highest BCUT2D eigenvalue weighted by Gasteiger charge is 2.16. The van der Waals surface area contributed by atoms with Gasteiger partial charge in [0, 0.05) is 12.4 Å². The first kappa shape index (κ1) is 16.7. The van der Waals surface area contributed by atoms with E-state index in [1.54, 1.807) is 28.0 Å². The number of para-hydroxylation sites is 1. The van der Waals surface area contributed by atoms with Crippen LogP contribution < -0.4 is 5.32 Å². The third-order valence-electron chi connectivity index (χ3n) is 4.32. The highest BCUT2D eigenvalue weighted by molar-refractivity contribution is 5.97. The van der Waals surface area contributed by atoms with E-state index in [1.807, 2.05) is 61.7 Å². The highest BCUT2D eigenvalue weighted by Crippen LogP contribution is 2.18. The predicted molar refractivity (Wildman–Crippen MR) is 101 cm³/mol. The molecule has 0 saturated heterocycles. The molecule has 2 heterocycles. The first-order valence-electron chi connectivity index (χ1n) is 8.57. The van der Waals surface area contributed by atoms with Crippen molar-refractivity contribution in [1.29, 1.82) is 0 Å². The largest absolute Gasteiger partial charge is 0.345 e. The highest BCUT2D eigenvalue weighted by atomic mass is 16.1. The zero-order chi connectivity index (χ0) is 18.6. The van der Waals surface area contributed by atoms with Gasteiger partial charge in [0.15, 0.2) is 0 Å². The van der Waals surface area contributed by atoms with Gasteiger partial charge < -0.3 is 5.32 Å². The molecule has 2 aromatic carbocycles. The fourth-order valence-electron chi connectivity index (χ4n) is 2.89. The molecule has 0 aliphatic rings. The number of rotatable bonds is 5. The Morgan fingerprint density at radius 1 is 1.00 bits per heavy atom. The maximum atomic E-state index is 12.8. The monoisotopic (exact) mass is 358 g/mol. The zero-order valence-electron chi connectivity index (χ0n) is 14.7. The number of benzene rings is 2. The van der Waals surface area contributed by atoms with Gasteiger partial charge in [0.2, 0.25) is 0 Å². The van der Waals surface area contributed by atoms with Crippen molar-refractivity contribution in [2.24, 2.45) is 0 Å². The number of nitrogens with one attached hydrogen (secondary N) is 1. The molecule has 0 unspecified atom stereocenters. The van der Waals surface area contributed by atoms with E-state index in [0.29, 0.717) is 5.56 Å². The van der Waals surface area contributed by atoms with Crippen LogP contribution in [0.1, 0.15) is 28.9 Å². The van der Waals surface area contributed by atoms with Gasteiger partial charge in [-0.3, -0.25) is 4.79 Å². The number of amides is 1. The summed E-state index contributed by atoms with van der Waals surface area (Å²) in [6.07, 6.45) is 6.65. The second-order valence-electron chi connectivity index (χ2n) is 6.09. The van der Waals surface area contributed by atoms with E-state index in [0.717, 1.165) is 16.9 Å². The maximum Gasteiger partial charge on any atom is 0.253 e. The van der Waals surface area contributed by atoms with Crippen LogP contribution in [0, 0.1) is 0 Å². The predicted octanol–water partition coefficient (Wildman–Crippen LogP) is 2.94. The molecule has 1 atom stereocenters. The average molecular weight is 358 g/mol. The number of hydrogen-bond acceptors (Lipinski definition) is 4. The van der Waals surface area contributed by atoms with Crippen LogP contribution in [0.4, 0.5) is 0 Å². The summed E-state index contributed by atoms with van der Waals surface area (Å²) in [4.78, 5) is 16.8. The van der Waals surface area contributed by atoms with Crippen LogP contribution in [0.3, 0.4) is 0 Å². The number of hydrogen-bond donors (Lipinski definition) is 1. The lowest BCUT2D eigenvalue weighted by Gasteiger charge is -2.16. The molecule has 0 bridgehead atoms. The molecule has 0 saturated carbocycles. The summed E-state index contributed by atoms with van der Waals surface area (Å²) >= 11 is 0. The Morgan fingerprint density at radius 2 is 1.81 bits per heavy atom. The molecular formula is C20H18N6O. The molecule has 4 rings (SSSR count). The lowest BCUT2D eigenvalue weighted by molar-refractivity contribution is 0.0939. The van der Waals surface area contributed by atoms with Gasteiger partial charge in [-0.1, -0.05) is 24.3 Å². The van der Waals surface area contributed by atoms with Crippen LogP contribution in [0.5, 0.6) is 0 Å². The number of nitrogens with zero attached hydrogens (tertiary/aromatic N) is 5. The standard InChI is InChI=1S/C20H18N6O/c1-15(16-7-9-17(10-8-16)26-14-21-13-23-26)24-20(27)18-5-2-3-6-19(18)25-12-4-11-22-25/h2-15H,1H3,(H,24,27)/t15-/m1/s1. The Morgan fingerprint density at radius 3 is 2.52 bits per heavy atom. The third-order valence-corrected chi connectivity index (χ3v) is 4.32. The summed E-state index contributed by atoms with van der Waals surface area (Å²) < 4.78 is 3.37. The molecule has 0 radical (unpaired) electrons. The molecule has 134 valence electrons. The molecule has 0 aliphatic heterocycles. The molecule has 0 fully saturated rings. The van der Waals surface area contributed by atoms with Crippen molar-refractivity contribution in [1.82, 2.24) is 29.9 Å². The van der Waals surface area contributed by atoms with Crippen molar-refractivity contribution < 1.29 is 4.79 Å².